The summed E-state index contributed by atoms with van der Waals surface area (Å²) in [5.74, 6) is 1.83. The molecule has 1 aromatic rings. The molecular formula is C18H24F3IN4O2. The van der Waals surface area contributed by atoms with Gasteiger partial charge in [-0.1, -0.05) is 6.07 Å². The Morgan fingerprint density at radius 3 is 2.61 bits per heavy atom. The van der Waals surface area contributed by atoms with Crippen molar-refractivity contribution < 1.29 is 22.6 Å². The van der Waals surface area contributed by atoms with Crippen LogP contribution in [0.4, 0.5) is 13.2 Å². The van der Waals surface area contributed by atoms with Crippen molar-refractivity contribution in [2.75, 3.05) is 26.7 Å². The molecule has 0 aromatic carbocycles. The van der Waals surface area contributed by atoms with Crippen LogP contribution in [0.5, 0.6) is 5.88 Å². The third-order valence-corrected chi connectivity index (χ3v) is 5.62. The standard InChI is InChI=1S/C18H23F3N4O2.HI/c1-22-17(25-8-12-13(9-25)15-5-4-14(12)27-15)24-7-11-3-2-6-23-16(11)26-10-18(19,20)21;/h2-3,6,12-15H,4-5,7-10H2,1H3,(H,22,24);1H. The Morgan fingerprint density at radius 1 is 1.32 bits per heavy atom. The van der Waals surface area contributed by atoms with E-state index in [4.69, 9.17) is 9.47 Å². The predicted octanol–water partition coefficient (Wildman–Crippen LogP) is 2.83. The number of guanidine groups is 1. The lowest BCUT2D eigenvalue weighted by Crippen LogP contribution is -2.41. The zero-order chi connectivity index (χ0) is 19.0. The minimum atomic E-state index is -4.40. The number of aliphatic imine (C=N–C) groups is 1. The number of hydrogen-bond donors (Lipinski definition) is 1. The van der Waals surface area contributed by atoms with Gasteiger partial charge in [0.05, 0.1) is 12.2 Å². The number of likely N-dealkylation sites (tertiary alicyclic amines) is 1. The summed E-state index contributed by atoms with van der Waals surface area (Å²) in [5.41, 5.74) is 0.561. The number of aromatic nitrogens is 1. The molecule has 3 fully saturated rings. The topological polar surface area (TPSA) is 59.0 Å². The molecule has 2 bridgehead atoms. The molecule has 0 aliphatic carbocycles. The maximum Gasteiger partial charge on any atom is 0.422 e. The second-order valence-corrected chi connectivity index (χ2v) is 7.30. The molecule has 156 valence electrons. The normalized spacial score (nSPS) is 28.9. The highest BCUT2D eigenvalue weighted by Gasteiger charge is 2.53. The van der Waals surface area contributed by atoms with Gasteiger partial charge < -0.3 is 19.7 Å². The summed E-state index contributed by atoms with van der Waals surface area (Å²) >= 11 is 0. The van der Waals surface area contributed by atoms with E-state index in [1.165, 1.54) is 6.20 Å². The van der Waals surface area contributed by atoms with Crippen LogP contribution in [0.25, 0.3) is 0 Å². The predicted molar refractivity (Wildman–Crippen MR) is 108 cm³/mol. The zero-order valence-corrected chi connectivity index (χ0v) is 17.8. The smallest absolute Gasteiger partial charge is 0.422 e. The first-order chi connectivity index (χ1) is 12.9. The number of fused-ring (bicyclic) bond motifs is 5. The molecule has 0 radical (unpaired) electrons. The molecule has 4 atom stereocenters. The largest absolute Gasteiger partial charge is 0.468 e. The van der Waals surface area contributed by atoms with Gasteiger partial charge in [0, 0.05) is 50.3 Å². The van der Waals surface area contributed by atoms with Crippen LogP contribution in [-0.2, 0) is 11.3 Å². The molecule has 4 unspecified atom stereocenters. The van der Waals surface area contributed by atoms with Crippen LogP contribution in [0.3, 0.4) is 0 Å². The van der Waals surface area contributed by atoms with Crippen molar-refractivity contribution in [3.8, 4) is 5.88 Å². The van der Waals surface area contributed by atoms with E-state index in [9.17, 15) is 13.2 Å². The van der Waals surface area contributed by atoms with E-state index in [-0.39, 0.29) is 29.9 Å². The van der Waals surface area contributed by atoms with Gasteiger partial charge in [0.2, 0.25) is 5.88 Å². The van der Waals surface area contributed by atoms with Crippen molar-refractivity contribution in [3.63, 3.8) is 0 Å². The lowest BCUT2D eigenvalue weighted by Gasteiger charge is -2.23. The Balaban J connectivity index is 0.00000225. The van der Waals surface area contributed by atoms with E-state index in [2.05, 4.69) is 20.2 Å². The van der Waals surface area contributed by atoms with Crippen molar-refractivity contribution in [2.45, 2.75) is 37.8 Å². The van der Waals surface area contributed by atoms with Gasteiger partial charge in [0.1, 0.15) is 0 Å². The van der Waals surface area contributed by atoms with E-state index in [0.29, 0.717) is 36.2 Å². The Labute approximate surface area is 178 Å². The van der Waals surface area contributed by atoms with E-state index in [1.807, 2.05) is 0 Å². The quantitative estimate of drug-likeness (QED) is 0.382. The summed E-state index contributed by atoms with van der Waals surface area (Å²) in [6.45, 7) is 0.735. The van der Waals surface area contributed by atoms with Crippen molar-refractivity contribution in [3.05, 3.63) is 23.9 Å². The molecule has 10 heteroatoms. The lowest BCUT2D eigenvalue weighted by atomic mass is 9.82. The summed E-state index contributed by atoms with van der Waals surface area (Å²) < 4.78 is 48.1. The molecule has 0 saturated carbocycles. The number of halogens is 4. The Hall–Kier alpha value is -1.30. The number of pyridine rings is 1. The first-order valence-corrected chi connectivity index (χ1v) is 9.19. The molecule has 4 heterocycles. The van der Waals surface area contributed by atoms with Gasteiger partial charge in [0.25, 0.3) is 0 Å². The first kappa shape index (κ1) is 21.4. The van der Waals surface area contributed by atoms with Gasteiger partial charge in [-0.25, -0.2) is 4.98 Å². The highest BCUT2D eigenvalue weighted by Crippen LogP contribution is 2.47. The second kappa shape index (κ2) is 8.60. The molecule has 3 saturated heterocycles. The summed E-state index contributed by atoms with van der Waals surface area (Å²) in [6.07, 6.45) is 0.0319. The fourth-order valence-corrected chi connectivity index (χ4v) is 4.48. The molecule has 6 nitrogen and oxygen atoms in total. The van der Waals surface area contributed by atoms with Gasteiger partial charge in [-0.3, -0.25) is 4.99 Å². The minimum Gasteiger partial charge on any atom is -0.468 e. The Kier molecular flexibility index (Phi) is 6.58. The van der Waals surface area contributed by atoms with Crippen LogP contribution in [0.1, 0.15) is 18.4 Å². The van der Waals surface area contributed by atoms with E-state index in [0.717, 1.165) is 31.9 Å². The van der Waals surface area contributed by atoms with Crippen LogP contribution < -0.4 is 10.1 Å². The summed E-state index contributed by atoms with van der Waals surface area (Å²) in [4.78, 5) is 10.5. The number of hydrogen-bond acceptors (Lipinski definition) is 4. The van der Waals surface area contributed by atoms with Gasteiger partial charge >= 0.3 is 6.18 Å². The van der Waals surface area contributed by atoms with Crippen molar-refractivity contribution in [1.29, 1.82) is 0 Å². The molecule has 3 aliphatic rings. The highest BCUT2D eigenvalue weighted by atomic mass is 127. The second-order valence-electron chi connectivity index (χ2n) is 7.30. The molecule has 1 N–H and O–H groups in total. The summed E-state index contributed by atoms with van der Waals surface area (Å²) in [7, 11) is 1.71. The van der Waals surface area contributed by atoms with Crippen molar-refractivity contribution in [1.82, 2.24) is 15.2 Å². The van der Waals surface area contributed by atoms with Gasteiger partial charge in [0.15, 0.2) is 12.6 Å². The van der Waals surface area contributed by atoms with Crippen LogP contribution in [0.2, 0.25) is 0 Å². The van der Waals surface area contributed by atoms with Crippen LogP contribution >= 0.6 is 24.0 Å². The number of alkyl halides is 3. The molecule has 3 aliphatic heterocycles. The maximum absolute atomic E-state index is 12.4. The van der Waals surface area contributed by atoms with Gasteiger partial charge in [-0.05, 0) is 18.9 Å². The Morgan fingerprint density at radius 2 is 2.00 bits per heavy atom. The molecule has 0 amide bonds. The molecule has 4 rings (SSSR count). The molecular weight excluding hydrogens is 488 g/mol. The number of rotatable bonds is 4. The maximum atomic E-state index is 12.4. The zero-order valence-electron chi connectivity index (χ0n) is 15.5. The highest BCUT2D eigenvalue weighted by molar-refractivity contribution is 14.0. The van der Waals surface area contributed by atoms with E-state index in [1.54, 1.807) is 19.2 Å². The van der Waals surface area contributed by atoms with Gasteiger partial charge in [-0.15, -0.1) is 24.0 Å². The molecule has 0 spiro atoms. The first-order valence-electron chi connectivity index (χ1n) is 9.19. The average molecular weight is 512 g/mol. The SMILES string of the molecule is CN=C(NCc1cccnc1OCC(F)(F)F)N1CC2C3CCC(O3)C2C1.I. The molecule has 28 heavy (non-hydrogen) atoms. The van der Waals surface area contributed by atoms with Crippen LogP contribution in [0, 0.1) is 11.8 Å². The van der Waals surface area contributed by atoms with Crippen molar-refractivity contribution >= 4 is 29.9 Å². The molecule has 1 aromatic heterocycles. The van der Waals surface area contributed by atoms with E-state index >= 15 is 0 Å². The average Bonchev–Trinajstić information content (AvgIpc) is 3.34. The Bertz CT molecular complexity index is 700. The van der Waals surface area contributed by atoms with Gasteiger partial charge in [-0.2, -0.15) is 13.2 Å². The minimum absolute atomic E-state index is 0. The monoisotopic (exact) mass is 512 g/mol. The summed E-state index contributed by atoms with van der Waals surface area (Å²) in [5, 5.41) is 3.24. The fraction of sp³-hybridized carbons (Fsp3) is 0.667. The number of nitrogens with zero attached hydrogens (tertiary/aromatic N) is 3. The van der Waals surface area contributed by atoms with Crippen LogP contribution in [0.15, 0.2) is 23.3 Å². The fourth-order valence-electron chi connectivity index (χ4n) is 4.48. The van der Waals surface area contributed by atoms with E-state index < -0.39 is 12.8 Å². The van der Waals surface area contributed by atoms with Crippen LogP contribution in [-0.4, -0.2) is 61.0 Å². The summed E-state index contributed by atoms with van der Waals surface area (Å²) in [6, 6.07) is 3.38. The lowest BCUT2D eigenvalue weighted by molar-refractivity contribution is -0.154. The third-order valence-electron chi connectivity index (χ3n) is 5.62. The third kappa shape index (κ3) is 4.47. The van der Waals surface area contributed by atoms with Crippen molar-refractivity contribution in [2.24, 2.45) is 16.8 Å². The number of ether oxygens (including phenoxy) is 2. The number of nitrogens with one attached hydrogen (secondary N) is 1.